The lowest BCUT2D eigenvalue weighted by Gasteiger charge is -2.39. The van der Waals surface area contributed by atoms with Gasteiger partial charge in [-0.25, -0.2) is 47.9 Å². The molecule has 20 heteroatoms. The largest absolute Gasteiger partial charge is 0.459 e. The maximum absolute atomic E-state index is 12.5. The van der Waals surface area contributed by atoms with Gasteiger partial charge in [0, 0.05) is 30.6 Å². The Morgan fingerprint density at radius 1 is 0.244 bits per heavy atom. The van der Waals surface area contributed by atoms with Crippen molar-refractivity contribution in [1.82, 2.24) is 0 Å². The van der Waals surface area contributed by atoms with Gasteiger partial charge in [-0.1, -0.05) is 293 Å². The highest BCUT2D eigenvalue weighted by Gasteiger charge is 2.44. The highest BCUT2D eigenvalue weighted by atomic mass is 16.6. The van der Waals surface area contributed by atoms with E-state index in [-0.39, 0.29) is 114 Å². The number of benzene rings is 10. The van der Waals surface area contributed by atoms with Gasteiger partial charge in [-0.05, 0) is 212 Å². The summed E-state index contributed by atoms with van der Waals surface area (Å²) in [6.45, 7) is 39.3. The van der Waals surface area contributed by atoms with E-state index >= 15 is 0 Å². The summed E-state index contributed by atoms with van der Waals surface area (Å²) in [6, 6.07) is 89.2. The second-order valence-electron chi connectivity index (χ2n) is 36.4. The van der Waals surface area contributed by atoms with Crippen LogP contribution in [0.25, 0.3) is 0 Å². The maximum Gasteiger partial charge on any atom is 0.338 e. The minimum atomic E-state index is -0.745. The van der Waals surface area contributed by atoms with Crippen LogP contribution in [0.5, 0.6) is 0 Å². The van der Waals surface area contributed by atoms with Crippen molar-refractivity contribution < 1.29 is 95.3 Å². The van der Waals surface area contributed by atoms with Crippen molar-refractivity contribution in [1.29, 1.82) is 0 Å². The van der Waals surface area contributed by atoms with Crippen molar-refractivity contribution in [3.63, 3.8) is 0 Å². The Morgan fingerprint density at radius 2 is 0.474 bits per heavy atom. The molecule has 0 amide bonds. The van der Waals surface area contributed by atoms with Crippen molar-refractivity contribution in [2.75, 3.05) is 0 Å². The van der Waals surface area contributed by atoms with E-state index in [2.05, 4.69) is 0 Å². The van der Waals surface area contributed by atoms with E-state index in [9.17, 15) is 47.9 Å². The summed E-state index contributed by atoms with van der Waals surface area (Å²) in [7, 11) is 0. The van der Waals surface area contributed by atoms with Crippen molar-refractivity contribution in [2.24, 2.45) is 22.7 Å². The third kappa shape index (κ3) is 36.0. The zero-order chi connectivity index (χ0) is 99.4. The van der Waals surface area contributed by atoms with Crippen molar-refractivity contribution in [3.8, 4) is 0 Å². The molecule has 0 radical (unpaired) electrons. The molecule has 0 fully saturated rings. The lowest BCUT2D eigenvalue weighted by atomic mass is 9.78. The van der Waals surface area contributed by atoms with Gasteiger partial charge in [-0.3, -0.25) is 0 Å². The first-order chi connectivity index (χ1) is 64.3. The molecule has 720 valence electrons. The molecule has 0 aliphatic heterocycles. The monoisotopic (exact) mass is 1840 g/mol. The summed E-state index contributed by atoms with van der Waals surface area (Å²) in [5, 5.41) is 0. The average Bonchev–Trinajstić information content (AvgIpc) is 0.812. The Morgan fingerprint density at radius 3 is 0.704 bits per heavy atom. The highest BCUT2D eigenvalue weighted by Crippen LogP contribution is 2.39. The van der Waals surface area contributed by atoms with Gasteiger partial charge in [0.1, 0.15) is 59.0 Å². The van der Waals surface area contributed by atoms with E-state index < -0.39 is 27.8 Å². The van der Waals surface area contributed by atoms with Crippen LogP contribution in [-0.2, 0) is 47.4 Å². The van der Waals surface area contributed by atoms with Crippen LogP contribution in [0.4, 0.5) is 0 Å². The number of esters is 10. The molecule has 0 saturated carbocycles. The molecule has 0 N–H and O–H groups in total. The van der Waals surface area contributed by atoms with Gasteiger partial charge < -0.3 is 47.4 Å². The number of hydrogen-bond donors (Lipinski definition) is 0. The predicted molar refractivity (Wildman–Crippen MR) is 528 cm³/mol. The molecule has 10 aromatic rings. The van der Waals surface area contributed by atoms with E-state index in [0.29, 0.717) is 126 Å². The van der Waals surface area contributed by atoms with Gasteiger partial charge in [0.2, 0.25) is 0 Å². The molecule has 0 spiro atoms. The summed E-state index contributed by atoms with van der Waals surface area (Å²) in [5.74, 6) is -3.69. The normalized spacial score (nSPS) is 14.3. The van der Waals surface area contributed by atoms with Gasteiger partial charge in [0.05, 0.1) is 55.6 Å². The van der Waals surface area contributed by atoms with Crippen LogP contribution < -0.4 is 0 Å². The highest BCUT2D eigenvalue weighted by molar-refractivity contribution is 5.94. The molecule has 20 nitrogen and oxygen atoms in total. The molecule has 135 heavy (non-hydrogen) atoms. The molecule has 10 aromatic carbocycles. The first-order valence-electron chi connectivity index (χ1n) is 47.0. The van der Waals surface area contributed by atoms with Gasteiger partial charge in [0.25, 0.3) is 0 Å². The minimum Gasteiger partial charge on any atom is -0.459 e. The SMILES string of the molecule is CCC(C)(CC(C)(CC)OC(=O)c1ccccc1)OC(=O)c1ccccc1.CCC(C)(CC(OC(=O)c1ccccc1)C(C)C)OC(=O)c1ccccc1.CCC(CC(OC(=O)c1ccccc1)C(C)(C)C)OC(=O)c1ccccc1.CCC(OC(=O)c1ccccc1)C(C)(C)C(CC)OC(=O)c1ccccc1.CCC(OC(=O)c1ccccc1)C(C)C(C)(CC)OC(=O)c1ccccc1. The first-order valence-corrected chi connectivity index (χ1v) is 47.0. The Balaban J connectivity index is 0.000000259. The Labute approximate surface area is 800 Å². The van der Waals surface area contributed by atoms with Gasteiger partial charge in [-0.15, -0.1) is 0 Å². The number of hydrogen-bond acceptors (Lipinski definition) is 20. The van der Waals surface area contributed by atoms with E-state index in [1.165, 1.54) is 0 Å². The van der Waals surface area contributed by atoms with Crippen molar-refractivity contribution in [2.45, 2.75) is 268 Å². The molecule has 0 aliphatic carbocycles. The fourth-order valence-corrected chi connectivity index (χ4v) is 14.7. The van der Waals surface area contributed by atoms with Crippen LogP contribution in [0.3, 0.4) is 0 Å². The predicted octanol–water partition coefficient (Wildman–Crippen LogP) is 26.6. The molecule has 11 atom stereocenters. The second kappa shape index (κ2) is 54.9. The second-order valence-corrected chi connectivity index (χ2v) is 36.4. The smallest absolute Gasteiger partial charge is 0.338 e. The third-order valence-corrected chi connectivity index (χ3v) is 24.3. The summed E-state index contributed by atoms with van der Waals surface area (Å²) in [4.78, 5) is 125. The Kier molecular flexibility index (Phi) is 45.0. The van der Waals surface area contributed by atoms with Crippen molar-refractivity contribution in [3.05, 3.63) is 359 Å². The standard InChI is InChI=1S/5C23H28O4/c1-5-19(26-21(24)17-12-8-6-9-13-17)16-20(23(2,3)4)27-22(25)18-14-10-7-11-15-18;1-5-23(4,27-22(25)19-14-10-7-11-15-19)16-20(17(2)3)26-21(24)18-12-8-6-9-13-18;1-5-22(3,26-20(24)18-13-9-7-10-14-18)17-23(4,6-2)27-21(25)19-15-11-8-12-16-19;1-5-19(26-21(24)17-13-9-7-10-14-17)23(3,4)20(6-2)27-22(25)18-15-11-8-12-16-18;1-5-20(26-21(24)18-13-9-7-10-14-18)17(3)23(4,6-2)27-22(25)19-15-11-8-12-16-19/h6-15,19-20H,5,16H2,1-4H3;6-15,17,20H,5,16H2,1-4H3;7-16H,5-6,17H2,1-4H3;7-16,19-20H,5-6H2,1-4H3;7-17,20H,5-6H2,1-4H3. The van der Waals surface area contributed by atoms with Crippen LogP contribution in [0.1, 0.15) is 313 Å². The summed E-state index contributed by atoms with van der Waals surface area (Å²) >= 11 is 0. The lowest BCUT2D eigenvalue weighted by molar-refractivity contribution is -0.0791. The number of carbonyl (C=O) groups is 10. The molecule has 0 bridgehead atoms. The van der Waals surface area contributed by atoms with Gasteiger partial charge in [-0.2, -0.15) is 0 Å². The number of ether oxygens (including phenoxy) is 10. The quantitative estimate of drug-likeness (QED) is 0.0256. The van der Waals surface area contributed by atoms with E-state index in [4.69, 9.17) is 47.4 Å². The molecular weight excluding hydrogens is 1700 g/mol. The fourth-order valence-electron chi connectivity index (χ4n) is 14.7. The van der Waals surface area contributed by atoms with E-state index in [0.717, 1.165) is 0 Å². The number of carbonyl (C=O) groups excluding carboxylic acids is 10. The third-order valence-electron chi connectivity index (χ3n) is 24.3. The minimum absolute atomic E-state index is 0.0963. The van der Waals surface area contributed by atoms with Crippen LogP contribution >= 0.6 is 0 Å². The van der Waals surface area contributed by atoms with E-state index in [1.54, 1.807) is 243 Å². The summed E-state index contributed by atoms with van der Waals surface area (Å²) in [6.07, 6.45) is 4.17. The lowest BCUT2D eigenvalue weighted by Crippen LogP contribution is -2.45. The maximum atomic E-state index is 12.5. The van der Waals surface area contributed by atoms with Crippen LogP contribution in [0.15, 0.2) is 303 Å². The van der Waals surface area contributed by atoms with Crippen LogP contribution in [0, 0.1) is 22.7 Å². The number of rotatable bonds is 39. The molecule has 0 heterocycles. The first kappa shape index (κ1) is 111. The zero-order valence-electron chi connectivity index (χ0n) is 82.4. The zero-order valence-corrected chi connectivity index (χ0v) is 82.4. The molecule has 0 saturated heterocycles. The van der Waals surface area contributed by atoms with Gasteiger partial charge in [0.15, 0.2) is 0 Å². The average molecular weight is 1840 g/mol. The Hall–Kier alpha value is -13.1. The van der Waals surface area contributed by atoms with Gasteiger partial charge >= 0.3 is 59.7 Å². The summed E-state index contributed by atoms with van der Waals surface area (Å²) in [5.41, 5.74) is 1.38. The molecule has 0 aliphatic rings. The topological polar surface area (TPSA) is 263 Å². The molecular formula is C115H140O20. The fraction of sp³-hybridized carbons (Fsp3) is 0.391. The molecule has 10 rings (SSSR count). The van der Waals surface area contributed by atoms with E-state index in [1.807, 2.05) is 199 Å². The Bertz CT molecular complexity index is 4980. The van der Waals surface area contributed by atoms with Crippen molar-refractivity contribution >= 4 is 59.7 Å². The summed E-state index contributed by atoms with van der Waals surface area (Å²) < 4.78 is 57.9. The van der Waals surface area contributed by atoms with Crippen LogP contribution in [0.2, 0.25) is 0 Å². The van der Waals surface area contributed by atoms with Crippen LogP contribution in [-0.4, -0.2) is 119 Å². The molecule has 11 unspecified atom stereocenters. The molecule has 0 aromatic heterocycles.